The molecule has 1 atom stereocenters. The van der Waals surface area contributed by atoms with Crippen molar-refractivity contribution >= 4 is 0 Å². The fraction of sp³-hybridized carbons (Fsp3) is 0.304. The first-order chi connectivity index (χ1) is 14.6. The van der Waals surface area contributed by atoms with Crippen molar-refractivity contribution in [3.8, 4) is 17.0 Å². The number of benzene rings is 1. The Bertz CT molecular complexity index is 1140. The Morgan fingerprint density at radius 2 is 1.77 bits per heavy atom. The summed E-state index contributed by atoms with van der Waals surface area (Å²) >= 11 is 0. The Balaban J connectivity index is 1.68. The summed E-state index contributed by atoms with van der Waals surface area (Å²) in [4.78, 5) is 7.80. The molecule has 0 saturated carbocycles. The van der Waals surface area contributed by atoms with Gasteiger partial charge in [-0.15, -0.1) is 0 Å². The number of aryl methyl sites for hydroxylation is 1. The van der Waals surface area contributed by atoms with Crippen LogP contribution in [0.25, 0.3) is 11.1 Å². The van der Waals surface area contributed by atoms with Crippen LogP contribution < -0.4 is 4.74 Å². The predicted molar refractivity (Wildman–Crippen MR) is 104 cm³/mol. The lowest BCUT2D eigenvalue weighted by Crippen LogP contribution is -2.11. The van der Waals surface area contributed by atoms with E-state index in [0.717, 1.165) is 36.1 Å². The molecule has 8 heteroatoms. The molecule has 31 heavy (non-hydrogen) atoms. The summed E-state index contributed by atoms with van der Waals surface area (Å²) in [6, 6.07) is 5.48. The van der Waals surface area contributed by atoms with Crippen LogP contribution in [0, 0.1) is 24.6 Å². The molecule has 0 radical (unpaired) electrons. The number of hydrogen-bond acceptors (Lipinski definition) is 3. The van der Waals surface area contributed by atoms with Crippen LogP contribution in [-0.2, 0) is 25.6 Å². The topological polar surface area (TPSA) is 35.0 Å². The highest BCUT2D eigenvalue weighted by atomic mass is 19.4. The maximum Gasteiger partial charge on any atom is 0.417 e. The van der Waals surface area contributed by atoms with Crippen molar-refractivity contribution in [3.05, 3.63) is 76.2 Å². The fourth-order valence-electron chi connectivity index (χ4n) is 3.93. The van der Waals surface area contributed by atoms with Gasteiger partial charge in [-0.3, -0.25) is 0 Å². The third kappa shape index (κ3) is 4.38. The molecule has 0 amide bonds. The molecule has 0 fully saturated rings. The third-order valence-electron chi connectivity index (χ3n) is 5.40. The summed E-state index contributed by atoms with van der Waals surface area (Å²) in [7, 11) is 0. The first-order valence-corrected chi connectivity index (χ1v) is 9.75. The maximum atomic E-state index is 14.5. The number of alkyl halides is 3. The molecule has 2 aromatic heterocycles. The van der Waals surface area contributed by atoms with Gasteiger partial charge in [0, 0.05) is 29.1 Å². The number of rotatable bonds is 4. The van der Waals surface area contributed by atoms with Crippen molar-refractivity contribution in [2.24, 2.45) is 5.92 Å². The van der Waals surface area contributed by atoms with Crippen LogP contribution in [-0.4, -0.2) is 9.97 Å². The van der Waals surface area contributed by atoms with Gasteiger partial charge < -0.3 is 4.74 Å². The third-order valence-corrected chi connectivity index (χ3v) is 5.40. The molecular formula is C23H19F5N2O. The van der Waals surface area contributed by atoms with E-state index in [4.69, 9.17) is 4.74 Å². The molecule has 0 spiro atoms. The summed E-state index contributed by atoms with van der Waals surface area (Å²) in [5, 5.41) is 0. The van der Waals surface area contributed by atoms with Gasteiger partial charge in [-0.1, -0.05) is 6.92 Å². The lowest BCUT2D eigenvalue weighted by molar-refractivity contribution is -0.137. The van der Waals surface area contributed by atoms with E-state index in [1.54, 1.807) is 12.3 Å². The average molecular weight is 434 g/mol. The minimum atomic E-state index is -4.80. The van der Waals surface area contributed by atoms with E-state index in [2.05, 4.69) is 16.9 Å². The van der Waals surface area contributed by atoms with E-state index in [9.17, 15) is 22.0 Å². The van der Waals surface area contributed by atoms with Gasteiger partial charge in [-0.2, -0.15) is 17.6 Å². The van der Waals surface area contributed by atoms with Crippen LogP contribution in [0.3, 0.4) is 0 Å². The first kappa shape index (κ1) is 21.2. The number of aromatic nitrogens is 2. The van der Waals surface area contributed by atoms with E-state index in [0.29, 0.717) is 12.0 Å². The number of ether oxygens (including phenoxy) is 1. The van der Waals surface area contributed by atoms with E-state index in [1.807, 2.05) is 0 Å². The summed E-state index contributed by atoms with van der Waals surface area (Å²) < 4.78 is 74.2. The molecule has 1 aliphatic carbocycles. The van der Waals surface area contributed by atoms with E-state index in [-0.39, 0.29) is 34.9 Å². The Kier molecular flexibility index (Phi) is 5.41. The van der Waals surface area contributed by atoms with Crippen LogP contribution in [0.15, 0.2) is 36.5 Å². The zero-order valence-electron chi connectivity index (χ0n) is 16.9. The highest BCUT2D eigenvalue weighted by molar-refractivity contribution is 5.71. The van der Waals surface area contributed by atoms with Gasteiger partial charge in [0.15, 0.2) is 0 Å². The molecule has 1 unspecified atom stereocenters. The van der Waals surface area contributed by atoms with Crippen LogP contribution in [0.1, 0.15) is 34.9 Å². The number of pyridine rings is 2. The Morgan fingerprint density at radius 3 is 2.48 bits per heavy atom. The van der Waals surface area contributed by atoms with Crippen LogP contribution >= 0.6 is 0 Å². The Hall–Kier alpha value is -3.03. The van der Waals surface area contributed by atoms with Crippen molar-refractivity contribution < 1.29 is 26.7 Å². The second kappa shape index (κ2) is 7.90. The zero-order chi connectivity index (χ0) is 22.3. The maximum absolute atomic E-state index is 14.5. The summed E-state index contributed by atoms with van der Waals surface area (Å²) in [6.07, 6.45) is -1.25. The van der Waals surface area contributed by atoms with Crippen molar-refractivity contribution in [2.45, 2.75) is 39.5 Å². The normalized spacial score (nSPS) is 15.8. The fourth-order valence-corrected chi connectivity index (χ4v) is 3.93. The average Bonchev–Trinajstić information content (AvgIpc) is 3.05. The van der Waals surface area contributed by atoms with Gasteiger partial charge >= 0.3 is 6.18 Å². The molecule has 0 bridgehead atoms. The lowest BCUT2D eigenvalue weighted by atomic mass is 9.95. The summed E-state index contributed by atoms with van der Waals surface area (Å²) in [6.45, 7) is 3.23. The highest BCUT2D eigenvalue weighted by Gasteiger charge is 2.35. The van der Waals surface area contributed by atoms with Gasteiger partial charge in [-0.05, 0) is 66.6 Å². The lowest BCUT2D eigenvalue weighted by Gasteiger charge is -2.17. The smallest absolute Gasteiger partial charge is 0.417 e. The van der Waals surface area contributed by atoms with Crippen molar-refractivity contribution in [3.63, 3.8) is 0 Å². The number of halogens is 5. The molecule has 1 aliphatic rings. The van der Waals surface area contributed by atoms with Crippen molar-refractivity contribution in [1.82, 2.24) is 9.97 Å². The number of fused-ring (bicyclic) bond motifs is 1. The van der Waals surface area contributed by atoms with Gasteiger partial charge in [0.05, 0.1) is 5.56 Å². The molecule has 1 aromatic carbocycles. The minimum absolute atomic E-state index is 0.0672. The molecule has 0 N–H and O–H groups in total. The van der Waals surface area contributed by atoms with E-state index < -0.39 is 23.5 Å². The molecule has 0 saturated heterocycles. The molecule has 0 aliphatic heterocycles. The van der Waals surface area contributed by atoms with Crippen LogP contribution in [0.5, 0.6) is 5.88 Å². The largest absolute Gasteiger partial charge is 0.473 e. The predicted octanol–water partition coefficient (Wildman–Crippen LogP) is 6.06. The molecule has 162 valence electrons. The quantitative estimate of drug-likeness (QED) is 0.370. The summed E-state index contributed by atoms with van der Waals surface area (Å²) in [5.41, 5.74) is 0.879. The zero-order valence-corrected chi connectivity index (χ0v) is 16.9. The molecule has 4 rings (SSSR count). The summed E-state index contributed by atoms with van der Waals surface area (Å²) in [5.74, 6) is -1.06. The Morgan fingerprint density at radius 1 is 1.03 bits per heavy atom. The standard InChI is InChI=1S/C23H19F5N2O/c1-12-5-14-8-22(29-10-15(14)6-12)31-11-16-7-18(17-3-4-21(25)30-13(17)2)19(9-20(16)24)23(26,27)28/h3-4,7-10,12H,5-6,11H2,1-2H3. The highest BCUT2D eigenvalue weighted by Crippen LogP contribution is 2.39. The minimum Gasteiger partial charge on any atom is -0.473 e. The van der Waals surface area contributed by atoms with Crippen molar-refractivity contribution in [2.75, 3.05) is 0 Å². The second-order valence-corrected chi connectivity index (χ2v) is 7.85. The van der Waals surface area contributed by atoms with Gasteiger partial charge in [0.1, 0.15) is 12.4 Å². The van der Waals surface area contributed by atoms with E-state index >= 15 is 0 Å². The van der Waals surface area contributed by atoms with Gasteiger partial charge in [0.25, 0.3) is 0 Å². The van der Waals surface area contributed by atoms with Crippen LogP contribution in [0.2, 0.25) is 0 Å². The second-order valence-electron chi connectivity index (χ2n) is 7.85. The Labute approximate surface area is 175 Å². The monoisotopic (exact) mass is 434 g/mol. The first-order valence-electron chi connectivity index (χ1n) is 9.75. The van der Waals surface area contributed by atoms with Gasteiger partial charge in [0.2, 0.25) is 11.8 Å². The SMILES string of the molecule is Cc1nc(F)ccc1-c1cc(COc2cc3c(cn2)CC(C)C3)c(F)cc1C(F)(F)F. The van der Waals surface area contributed by atoms with Gasteiger partial charge in [-0.25, -0.2) is 14.4 Å². The molecule has 2 heterocycles. The van der Waals surface area contributed by atoms with Crippen LogP contribution in [0.4, 0.5) is 22.0 Å². The molecular weight excluding hydrogens is 415 g/mol. The molecule has 3 nitrogen and oxygen atoms in total. The number of hydrogen-bond donors (Lipinski definition) is 0. The van der Waals surface area contributed by atoms with E-state index in [1.165, 1.54) is 13.0 Å². The molecule has 3 aromatic rings. The number of nitrogens with zero attached hydrogens (tertiary/aromatic N) is 2. The van der Waals surface area contributed by atoms with Crippen molar-refractivity contribution in [1.29, 1.82) is 0 Å².